The van der Waals surface area contributed by atoms with Crippen molar-refractivity contribution in [1.82, 2.24) is 39.0 Å². The average molecular weight is 568 g/mol. The Morgan fingerprint density at radius 3 is 1.93 bits per heavy atom. The molecule has 2 aliphatic heterocycles. The summed E-state index contributed by atoms with van der Waals surface area (Å²) >= 11 is 0. The zero-order chi connectivity index (χ0) is 28.7. The van der Waals surface area contributed by atoms with Gasteiger partial charge in [0.25, 0.3) is 5.56 Å². The van der Waals surface area contributed by atoms with Crippen molar-refractivity contribution in [3.63, 3.8) is 0 Å². The smallest absolute Gasteiger partial charge is 0.278 e. The molecule has 2 saturated heterocycles. The van der Waals surface area contributed by atoms with Gasteiger partial charge in [0.2, 0.25) is 0 Å². The lowest BCUT2D eigenvalue weighted by Gasteiger charge is -2.23. The summed E-state index contributed by atoms with van der Waals surface area (Å²) in [6, 6.07) is 0. The highest BCUT2D eigenvalue weighted by atomic mass is 16.6. The zero-order valence-corrected chi connectivity index (χ0v) is 20.8. The Morgan fingerprint density at radius 2 is 1.44 bits per heavy atom. The third kappa shape index (κ3) is 4.78. The standard InChI is InChI=1S/C12H13N5O3.C12H12N4O4.CH4/c1-2-12(4-18)7(19)3-8(20-12)17-6-16-9-10(13)14-5-15-11(9)17;1-2-12(4-17)7(18)3-8(20-12)16-6-15-9-10(16)13-5-14-11(9)19;/h1,5-8,18-19H,3-4H2,(H2,13,14,15);1,5-8,17-18H,3-4H2,(H,13,14,19);1H4/t2*7?,8-,12-;/m11./s1. The molecule has 4 aromatic rings. The van der Waals surface area contributed by atoms with Crippen molar-refractivity contribution in [2.45, 2.75) is 56.1 Å². The van der Waals surface area contributed by atoms with Crippen LogP contribution < -0.4 is 11.3 Å². The molecule has 0 aromatic carbocycles. The molecule has 16 nitrogen and oxygen atoms in total. The number of aromatic nitrogens is 8. The van der Waals surface area contributed by atoms with E-state index < -0.39 is 49.1 Å². The van der Waals surface area contributed by atoms with E-state index in [1.165, 1.54) is 29.9 Å². The monoisotopic (exact) mass is 567 g/mol. The van der Waals surface area contributed by atoms with Crippen LogP contribution in [0.15, 0.2) is 30.1 Å². The van der Waals surface area contributed by atoms with Crippen molar-refractivity contribution in [3.8, 4) is 24.7 Å². The van der Waals surface area contributed by atoms with Crippen molar-refractivity contribution in [3.05, 3.63) is 35.7 Å². The van der Waals surface area contributed by atoms with Crippen molar-refractivity contribution < 1.29 is 29.9 Å². The fraction of sp³-hybridized carbons (Fsp3) is 0.440. The van der Waals surface area contributed by atoms with E-state index in [-0.39, 0.29) is 37.2 Å². The number of fused-ring (bicyclic) bond motifs is 2. The van der Waals surface area contributed by atoms with Crippen LogP contribution in [0.3, 0.4) is 0 Å². The van der Waals surface area contributed by atoms with Gasteiger partial charge in [0.15, 0.2) is 33.8 Å². The molecule has 41 heavy (non-hydrogen) atoms. The molecular weight excluding hydrogens is 538 g/mol. The topological polar surface area (TPSA) is 233 Å². The van der Waals surface area contributed by atoms with Crippen LogP contribution in [-0.4, -0.2) is 96.1 Å². The first-order valence-corrected chi connectivity index (χ1v) is 11.9. The normalized spacial score (nSPS) is 28.9. The Morgan fingerprint density at radius 1 is 0.927 bits per heavy atom. The van der Waals surface area contributed by atoms with Gasteiger partial charge in [-0.25, -0.2) is 24.9 Å². The first-order chi connectivity index (χ1) is 19.2. The minimum absolute atomic E-state index is 0. The Hall–Kier alpha value is -4.42. The van der Waals surface area contributed by atoms with Gasteiger partial charge in [-0.3, -0.25) is 13.9 Å². The van der Waals surface area contributed by atoms with Gasteiger partial charge in [-0.05, 0) is 0 Å². The number of aromatic amines is 1. The minimum Gasteiger partial charge on any atom is -0.392 e. The summed E-state index contributed by atoms with van der Waals surface area (Å²) in [6.45, 7) is -0.966. The molecule has 216 valence electrons. The number of rotatable bonds is 4. The van der Waals surface area contributed by atoms with E-state index in [9.17, 15) is 25.2 Å². The minimum atomic E-state index is -1.44. The van der Waals surface area contributed by atoms with Gasteiger partial charge >= 0.3 is 0 Å². The largest absolute Gasteiger partial charge is 0.392 e. The second-order valence-corrected chi connectivity index (χ2v) is 9.17. The van der Waals surface area contributed by atoms with Gasteiger partial charge in [-0.15, -0.1) is 12.8 Å². The highest BCUT2D eigenvalue weighted by Crippen LogP contribution is 2.38. The van der Waals surface area contributed by atoms with E-state index in [2.05, 4.69) is 41.7 Å². The number of terminal acetylenes is 2. The summed E-state index contributed by atoms with van der Waals surface area (Å²) in [6.07, 6.45) is 13.3. The molecule has 2 aliphatic rings. The van der Waals surface area contributed by atoms with Crippen molar-refractivity contribution in [2.24, 2.45) is 0 Å². The number of hydrogen-bond donors (Lipinski definition) is 6. The van der Waals surface area contributed by atoms with Crippen LogP contribution in [0.25, 0.3) is 22.3 Å². The van der Waals surface area contributed by atoms with Crippen LogP contribution in [0, 0.1) is 24.7 Å². The number of hydrogen-bond acceptors (Lipinski definition) is 13. The SMILES string of the molecule is C.C#C[C@]1(CO)O[C@@H](n2cnc3c(=O)[nH]cnc32)CC1O.C#C[C@]1(CO)O[C@@H](n2cnc3c(N)ncnc32)CC1O. The summed E-state index contributed by atoms with van der Waals surface area (Å²) < 4.78 is 14.4. The number of nitrogen functional groups attached to an aromatic ring is 1. The molecule has 0 amide bonds. The predicted octanol–water partition coefficient (Wildman–Crippen LogP) is -1.55. The van der Waals surface area contributed by atoms with Gasteiger partial charge in [-0.2, -0.15) is 0 Å². The van der Waals surface area contributed by atoms with Gasteiger partial charge < -0.3 is 40.6 Å². The number of nitrogens with zero attached hydrogens (tertiary/aromatic N) is 7. The summed E-state index contributed by atoms with van der Waals surface area (Å²) in [7, 11) is 0. The molecule has 6 atom stereocenters. The van der Waals surface area contributed by atoms with Gasteiger partial charge in [-0.1, -0.05) is 19.3 Å². The maximum atomic E-state index is 11.6. The van der Waals surface area contributed by atoms with Crippen LogP contribution >= 0.6 is 0 Å². The molecule has 2 fully saturated rings. The molecular formula is C25H29N9O7. The average Bonchev–Trinajstić information content (AvgIpc) is 3.73. The van der Waals surface area contributed by atoms with E-state index >= 15 is 0 Å². The van der Waals surface area contributed by atoms with E-state index in [0.29, 0.717) is 16.8 Å². The number of imidazole rings is 2. The lowest BCUT2D eigenvalue weighted by molar-refractivity contribution is -0.0891. The van der Waals surface area contributed by atoms with Gasteiger partial charge in [0.05, 0.1) is 32.2 Å². The maximum absolute atomic E-state index is 11.6. The molecule has 0 saturated carbocycles. The predicted molar refractivity (Wildman–Crippen MR) is 143 cm³/mol. The molecule has 6 heterocycles. The molecule has 0 bridgehead atoms. The van der Waals surface area contributed by atoms with Crippen LogP contribution in [0.2, 0.25) is 0 Å². The lowest BCUT2D eigenvalue weighted by atomic mass is 9.99. The molecule has 7 N–H and O–H groups in total. The van der Waals surface area contributed by atoms with Crippen LogP contribution in [0.1, 0.15) is 32.7 Å². The maximum Gasteiger partial charge on any atom is 0.278 e. The second-order valence-electron chi connectivity index (χ2n) is 9.17. The lowest BCUT2D eigenvalue weighted by Crippen LogP contribution is -2.41. The number of aliphatic hydroxyl groups is 4. The number of nitrogens with one attached hydrogen (secondary N) is 1. The Balaban J connectivity index is 0.000000184. The molecule has 6 rings (SSSR count). The number of anilines is 1. The molecule has 0 aliphatic carbocycles. The van der Waals surface area contributed by atoms with Crippen LogP contribution in [0.4, 0.5) is 5.82 Å². The number of ether oxygens (including phenoxy) is 2. The van der Waals surface area contributed by atoms with Crippen molar-refractivity contribution in [1.29, 1.82) is 0 Å². The highest BCUT2D eigenvalue weighted by Gasteiger charge is 2.48. The summed E-state index contributed by atoms with van der Waals surface area (Å²) in [5.41, 5.74) is 3.95. The van der Waals surface area contributed by atoms with Gasteiger partial charge in [0, 0.05) is 12.8 Å². The summed E-state index contributed by atoms with van der Waals surface area (Å²) in [5.74, 6) is 4.86. The van der Waals surface area contributed by atoms with Crippen molar-refractivity contribution >= 4 is 28.1 Å². The van der Waals surface area contributed by atoms with E-state index in [1.807, 2.05) is 0 Å². The van der Waals surface area contributed by atoms with E-state index in [0.717, 1.165) is 0 Å². The fourth-order valence-corrected chi connectivity index (χ4v) is 4.63. The molecule has 16 heteroatoms. The fourth-order valence-electron chi connectivity index (χ4n) is 4.63. The zero-order valence-electron chi connectivity index (χ0n) is 20.8. The number of H-pyrrole nitrogens is 1. The van der Waals surface area contributed by atoms with E-state index in [4.69, 9.17) is 28.1 Å². The summed E-state index contributed by atoms with van der Waals surface area (Å²) in [5, 5.41) is 38.7. The third-order valence-corrected chi connectivity index (χ3v) is 6.95. The first kappa shape index (κ1) is 29.6. The van der Waals surface area contributed by atoms with Crippen molar-refractivity contribution in [2.75, 3.05) is 18.9 Å². The van der Waals surface area contributed by atoms with E-state index in [1.54, 1.807) is 4.57 Å². The second kappa shape index (κ2) is 11.2. The third-order valence-electron chi connectivity index (χ3n) is 6.95. The molecule has 0 spiro atoms. The molecule has 0 radical (unpaired) electrons. The Labute approximate surface area is 232 Å². The number of nitrogens with two attached hydrogens (primary N) is 1. The Bertz CT molecular complexity index is 1690. The van der Waals surface area contributed by atoms with Gasteiger partial charge in [0.1, 0.15) is 36.5 Å². The Kier molecular flexibility index (Phi) is 8.09. The summed E-state index contributed by atoms with van der Waals surface area (Å²) in [4.78, 5) is 34.1. The molecule has 4 aromatic heterocycles. The quantitative estimate of drug-likeness (QED) is 0.154. The van der Waals surface area contributed by atoms with Crippen LogP contribution in [-0.2, 0) is 9.47 Å². The number of aliphatic hydroxyl groups excluding tert-OH is 4. The van der Waals surface area contributed by atoms with Crippen LogP contribution in [0.5, 0.6) is 0 Å². The first-order valence-electron chi connectivity index (χ1n) is 11.9. The molecule has 2 unspecified atom stereocenters. The highest BCUT2D eigenvalue weighted by molar-refractivity contribution is 5.81.